The number of hydrogen-bond donors (Lipinski definition) is 3. The Bertz CT molecular complexity index is 501. The van der Waals surface area contributed by atoms with Crippen molar-refractivity contribution in [3.8, 4) is 0 Å². The van der Waals surface area contributed by atoms with Crippen molar-refractivity contribution in [2.75, 3.05) is 25.0 Å². The lowest BCUT2D eigenvalue weighted by molar-refractivity contribution is 0.0858. The van der Waals surface area contributed by atoms with Crippen molar-refractivity contribution in [2.45, 2.75) is 25.9 Å². The molecule has 1 fully saturated rings. The molecule has 1 aromatic rings. The van der Waals surface area contributed by atoms with Crippen molar-refractivity contribution in [2.24, 2.45) is 0 Å². The van der Waals surface area contributed by atoms with Crippen LogP contribution in [0.4, 0.5) is 5.69 Å². The molecule has 1 heterocycles. The van der Waals surface area contributed by atoms with Gasteiger partial charge in [-0.3, -0.25) is 4.79 Å². The van der Waals surface area contributed by atoms with Gasteiger partial charge in [-0.1, -0.05) is 12.1 Å². The number of carbonyl (C=O) groups is 1. The number of para-hydroxylation sites is 1. The number of amides is 1. The molecule has 1 unspecified atom stereocenters. The number of benzene rings is 1. The third-order valence-corrected chi connectivity index (χ3v) is 3.52. The van der Waals surface area contributed by atoms with E-state index in [1.807, 2.05) is 25.1 Å². The summed E-state index contributed by atoms with van der Waals surface area (Å²) >= 11 is 5.16. The van der Waals surface area contributed by atoms with E-state index in [0.29, 0.717) is 22.9 Å². The fourth-order valence-electron chi connectivity index (χ4n) is 2.22. The van der Waals surface area contributed by atoms with Gasteiger partial charge in [0.15, 0.2) is 5.11 Å². The number of hydrogen-bond acceptors (Lipinski definition) is 3. The molecule has 21 heavy (non-hydrogen) atoms. The quantitative estimate of drug-likeness (QED) is 0.725. The van der Waals surface area contributed by atoms with E-state index in [4.69, 9.17) is 17.0 Å². The zero-order valence-electron chi connectivity index (χ0n) is 12.1. The summed E-state index contributed by atoms with van der Waals surface area (Å²) in [7, 11) is 0. The van der Waals surface area contributed by atoms with Crippen LogP contribution in [-0.4, -0.2) is 36.8 Å². The number of nitrogens with one attached hydrogen (secondary N) is 3. The second kappa shape index (κ2) is 7.95. The van der Waals surface area contributed by atoms with Crippen molar-refractivity contribution in [1.82, 2.24) is 10.6 Å². The highest BCUT2D eigenvalue weighted by Crippen LogP contribution is 2.16. The van der Waals surface area contributed by atoms with Gasteiger partial charge in [-0.25, -0.2) is 0 Å². The summed E-state index contributed by atoms with van der Waals surface area (Å²) in [6.45, 7) is 4.04. The highest BCUT2D eigenvalue weighted by atomic mass is 32.1. The fourth-order valence-corrected chi connectivity index (χ4v) is 2.48. The summed E-state index contributed by atoms with van der Waals surface area (Å²) in [5, 5.41) is 9.48. The van der Waals surface area contributed by atoms with E-state index >= 15 is 0 Å². The Hall–Kier alpha value is -1.66. The molecule has 0 spiro atoms. The first-order chi connectivity index (χ1) is 10.2. The molecule has 1 atom stereocenters. The number of carbonyl (C=O) groups excluding carboxylic acids is 1. The standard InChI is InChI=1S/C15H21N3O2S/c1-2-16-15(21)18-13-8-4-3-7-12(13)14(19)17-10-11-6-5-9-20-11/h3-4,7-8,11H,2,5-6,9-10H2,1H3,(H,17,19)(H2,16,18,21). The van der Waals surface area contributed by atoms with Crippen molar-refractivity contribution in [1.29, 1.82) is 0 Å². The van der Waals surface area contributed by atoms with Crippen LogP contribution in [0.3, 0.4) is 0 Å². The largest absolute Gasteiger partial charge is 0.376 e. The Balaban J connectivity index is 1.97. The first-order valence-corrected chi connectivity index (χ1v) is 7.65. The van der Waals surface area contributed by atoms with Gasteiger partial charge in [0.2, 0.25) is 0 Å². The monoisotopic (exact) mass is 307 g/mol. The zero-order valence-corrected chi connectivity index (χ0v) is 13.0. The SMILES string of the molecule is CCNC(=S)Nc1ccccc1C(=O)NCC1CCCO1. The molecule has 1 aliphatic heterocycles. The van der Waals surface area contributed by atoms with Crippen LogP contribution >= 0.6 is 12.2 Å². The maximum Gasteiger partial charge on any atom is 0.253 e. The maximum absolute atomic E-state index is 12.3. The van der Waals surface area contributed by atoms with Crippen LogP contribution in [0.2, 0.25) is 0 Å². The minimum atomic E-state index is -0.118. The van der Waals surface area contributed by atoms with E-state index < -0.39 is 0 Å². The molecule has 0 saturated carbocycles. The maximum atomic E-state index is 12.3. The zero-order chi connectivity index (χ0) is 15.1. The molecule has 0 aromatic heterocycles. The van der Waals surface area contributed by atoms with E-state index in [-0.39, 0.29) is 12.0 Å². The van der Waals surface area contributed by atoms with Crippen LogP contribution in [0.1, 0.15) is 30.1 Å². The van der Waals surface area contributed by atoms with Gasteiger partial charge in [-0.2, -0.15) is 0 Å². The van der Waals surface area contributed by atoms with E-state index in [1.54, 1.807) is 6.07 Å². The fraction of sp³-hybridized carbons (Fsp3) is 0.467. The summed E-state index contributed by atoms with van der Waals surface area (Å²) in [4.78, 5) is 12.3. The van der Waals surface area contributed by atoms with Crippen LogP contribution in [0.25, 0.3) is 0 Å². The molecular formula is C15H21N3O2S. The van der Waals surface area contributed by atoms with E-state index in [9.17, 15) is 4.79 Å². The molecule has 1 aromatic carbocycles. The highest BCUT2D eigenvalue weighted by Gasteiger charge is 2.18. The summed E-state index contributed by atoms with van der Waals surface area (Å²) in [6.07, 6.45) is 2.21. The average molecular weight is 307 g/mol. The number of thiocarbonyl (C=S) groups is 1. The normalized spacial score (nSPS) is 17.3. The third kappa shape index (κ3) is 4.68. The topological polar surface area (TPSA) is 62.4 Å². The molecule has 5 nitrogen and oxygen atoms in total. The minimum absolute atomic E-state index is 0.118. The lowest BCUT2D eigenvalue weighted by Gasteiger charge is -2.15. The van der Waals surface area contributed by atoms with Gasteiger partial charge in [0, 0.05) is 19.7 Å². The molecule has 6 heteroatoms. The first-order valence-electron chi connectivity index (χ1n) is 7.24. The second-order valence-corrected chi connectivity index (χ2v) is 5.28. The minimum Gasteiger partial charge on any atom is -0.376 e. The van der Waals surface area contributed by atoms with Crippen LogP contribution < -0.4 is 16.0 Å². The Morgan fingerprint density at radius 1 is 1.38 bits per heavy atom. The molecule has 1 aliphatic rings. The summed E-state index contributed by atoms with van der Waals surface area (Å²) < 4.78 is 5.50. The number of ether oxygens (including phenoxy) is 1. The third-order valence-electron chi connectivity index (χ3n) is 3.27. The van der Waals surface area contributed by atoms with Crippen molar-refractivity contribution < 1.29 is 9.53 Å². The van der Waals surface area contributed by atoms with Crippen molar-refractivity contribution in [3.63, 3.8) is 0 Å². The first kappa shape index (κ1) is 15.7. The molecule has 0 radical (unpaired) electrons. The van der Waals surface area contributed by atoms with Crippen molar-refractivity contribution >= 4 is 28.9 Å². The van der Waals surface area contributed by atoms with E-state index in [0.717, 1.165) is 26.0 Å². The molecule has 2 rings (SSSR count). The summed E-state index contributed by atoms with van der Waals surface area (Å²) in [5.41, 5.74) is 1.28. The summed E-state index contributed by atoms with van der Waals surface area (Å²) in [6, 6.07) is 7.32. The van der Waals surface area contributed by atoms with Crippen LogP contribution in [0.5, 0.6) is 0 Å². The van der Waals surface area contributed by atoms with E-state index in [2.05, 4.69) is 16.0 Å². The predicted octanol–water partition coefficient (Wildman–Crippen LogP) is 1.90. The highest BCUT2D eigenvalue weighted by molar-refractivity contribution is 7.80. The van der Waals surface area contributed by atoms with Crippen LogP contribution in [-0.2, 0) is 4.74 Å². The van der Waals surface area contributed by atoms with E-state index in [1.165, 1.54) is 0 Å². The Labute approximate surface area is 130 Å². The summed E-state index contributed by atoms with van der Waals surface area (Å²) in [5.74, 6) is -0.118. The van der Waals surface area contributed by atoms with Gasteiger partial charge in [0.1, 0.15) is 0 Å². The molecule has 1 amide bonds. The molecular weight excluding hydrogens is 286 g/mol. The van der Waals surface area contributed by atoms with Crippen molar-refractivity contribution in [3.05, 3.63) is 29.8 Å². The number of rotatable bonds is 5. The second-order valence-electron chi connectivity index (χ2n) is 4.88. The van der Waals surface area contributed by atoms with Gasteiger partial charge in [-0.15, -0.1) is 0 Å². The molecule has 114 valence electrons. The average Bonchev–Trinajstić information content (AvgIpc) is 2.99. The smallest absolute Gasteiger partial charge is 0.253 e. The lowest BCUT2D eigenvalue weighted by Crippen LogP contribution is -2.33. The lowest BCUT2D eigenvalue weighted by atomic mass is 10.1. The Morgan fingerprint density at radius 2 is 2.19 bits per heavy atom. The van der Waals surface area contributed by atoms with Crippen LogP contribution in [0.15, 0.2) is 24.3 Å². The molecule has 0 bridgehead atoms. The van der Waals surface area contributed by atoms with Gasteiger partial charge >= 0.3 is 0 Å². The van der Waals surface area contributed by atoms with Crippen LogP contribution in [0, 0.1) is 0 Å². The van der Waals surface area contributed by atoms with Gasteiger partial charge < -0.3 is 20.7 Å². The van der Waals surface area contributed by atoms with Gasteiger partial charge in [0.05, 0.1) is 17.4 Å². The Morgan fingerprint density at radius 3 is 2.90 bits per heavy atom. The molecule has 0 aliphatic carbocycles. The number of anilines is 1. The van der Waals surface area contributed by atoms with Gasteiger partial charge in [0.25, 0.3) is 5.91 Å². The molecule has 1 saturated heterocycles. The predicted molar refractivity (Wildman–Crippen MR) is 87.6 cm³/mol. The Kier molecular flexibility index (Phi) is 5.95. The van der Waals surface area contributed by atoms with Gasteiger partial charge in [-0.05, 0) is 44.1 Å². The molecule has 3 N–H and O–H groups in total.